The topological polar surface area (TPSA) is 58.2 Å². The van der Waals surface area contributed by atoms with Crippen molar-refractivity contribution in [2.45, 2.75) is 18.7 Å². The van der Waals surface area contributed by atoms with Crippen LogP contribution in [0.2, 0.25) is 0 Å². The summed E-state index contributed by atoms with van der Waals surface area (Å²) in [6.07, 6.45) is 0.752. The Hall–Kier alpha value is -1.07. The highest BCUT2D eigenvalue weighted by molar-refractivity contribution is 7.07. The van der Waals surface area contributed by atoms with Gasteiger partial charge in [0.1, 0.15) is 5.38 Å². The van der Waals surface area contributed by atoms with E-state index in [4.69, 9.17) is 11.6 Å². The monoisotopic (exact) mass is 260 g/mol. The number of hydrogen-bond acceptors (Lipinski definition) is 3. The maximum Gasteiger partial charge on any atom is 0.321 e. The van der Waals surface area contributed by atoms with Crippen molar-refractivity contribution in [1.29, 1.82) is 0 Å². The number of halogens is 1. The zero-order valence-corrected chi connectivity index (χ0v) is 10.4. The molecule has 0 aliphatic rings. The third kappa shape index (κ3) is 4.63. The van der Waals surface area contributed by atoms with E-state index in [0.29, 0.717) is 6.54 Å². The van der Waals surface area contributed by atoms with Gasteiger partial charge in [-0.2, -0.15) is 11.3 Å². The number of alkyl halides is 1. The minimum Gasteiger partial charge on any atom is -0.337 e. The normalized spacial score (nSPS) is 11.9. The molecule has 3 amide bonds. The standard InChI is InChI=1S/C10H13ClN2O2S/c1-7(11)9(14)13-10(15)12-4-2-8-3-5-16-6-8/h3,5-7H,2,4H2,1H3,(H2,12,13,14,15). The van der Waals surface area contributed by atoms with Crippen molar-refractivity contribution in [3.05, 3.63) is 22.4 Å². The van der Waals surface area contributed by atoms with Crippen molar-refractivity contribution in [3.8, 4) is 0 Å². The van der Waals surface area contributed by atoms with Gasteiger partial charge in [-0.05, 0) is 35.7 Å². The summed E-state index contributed by atoms with van der Waals surface area (Å²) in [5.74, 6) is -0.491. The van der Waals surface area contributed by atoms with Crippen LogP contribution >= 0.6 is 22.9 Å². The molecule has 6 heteroatoms. The van der Waals surface area contributed by atoms with Gasteiger partial charge in [0.15, 0.2) is 0 Å². The molecular weight excluding hydrogens is 248 g/mol. The Kier molecular flexibility index (Phi) is 5.28. The molecule has 1 aromatic rings. The molecule has 0 aliphatic heterocycles. The van der Waals surface area contributed by atoms with Gasteiger partial charge in [-0.15, -0.1) is 11.6 Å². The van der Waals surface area contributed by atoms with Crippen molar-refractivity contribution < 1.29 is 9.59 Å². The molecule has 0 bridgehead atoms. The first-order valence-corrected chi connectivity index (χ1v) is 6.21. The molecule has 4 nitrogen and oxygen atoms in total. The first kappa shape index (κ1) is 13.0. The highest BCUT2D eigenvalue weighted by Gasteiger charge is 2.11. The highest BCUT2D eigenvalue weighted by Crippen LogP contribution is 2.05. The maximum absolute atomic E-state index is 11.2. The molecule has 0 fully saturated rings. The molecule has 0 saturated carbocycles. The maximum atomic E-state index is 11.2. The molecule has 2 N–H and O–H groups in total. The molecule has 0 radical (unpaired) electrons. The summed E-state index contributed by atoms with van der Waals surface area (Å²) in [7, 11) is 0. The second kappa shape index (κ2) is 6.50. The van der Waals surface area contributed by atoms with Gasteiger partial charge in [0.2, 0.25) is 5.91 Å². The Morgan fingerprint density at radius 2 is 2.31 bits per heavy atom. The van der Waals surface area contributed by atoms with E-state index in [-0.39, 0.29) is 0 Å². The number of rotatable bonds is 4. The van der Waals surface area contributed by atoms with E-state index in [0.717, 1.165) is 6.42 Å². The van der Waals surface area contributed by atoms with Crippen LogP contribution in [0, 0.1) is 0 Å². The third-order valence-electron chi connectivity index (χ3n) is 1.88. The van der Waals surface area contributed by atoms with Gasteiger partial charge in [-0.25, -0.2) is 4.79 Å². The lowest BCUT2D eigenvalue weighted by Gasteiger charge is -2.06. The number of imide groups is 1. The fourth-order valence-electron chi connectivity index (χ4n) is 1.01. The number of thiophene rings is 1. The van der Waals surface area contributed by atoms with Crippen molar-refractivity contribution in [2.24, 2.45) is 0 Å². The molecule has 0 aromatic carbocycles. The van der Waals surface area contributed by atoms with Crippen LogP contribution in [0.4, 0.5) is 4.79 Å². The first-order valence-electron chi connectivity index (χ1n) is 4.83. The molecule has 1 heterocycles. The van der Waals surface area contributed by atoms with E-state index in [1.165, 1.54) is 12.5 Å². The summed E-state index contributed by atoms with van der Waals surface area (Å²) in [4.78, 5) is 22.2. The van der Waals surface area contributed by atoms with Gasteiger partial charge < -0.3 is 5.32 Å². The van der Waals surface area contributed by atoms with E-state index in [9.17, 15) is 9.59 Å². The zero-order chi connectivity index (χ0) is 12.0. The van der Waals surface area contributed by atoms with Gasteiger partial charge in [0.25, 0.3) is 0 Å². The average molecular weight is 261 g/mol. The minimum atomic E-state index is -0.706. The fourth-order valence-corrected chi connectivity index (χ4v) is 1.77. The van der Waals surface area contributed by atoms with Crippen LogP contribution in [-0.2, 0) is 11.2 Å². The summed E-state index contributed by atoms with van der Waals surface area (Å²) < 4.78 is 0. The number of nitrogens with one attached hydrogen (secondary N) is 2. The largest absolute Gasteiger partial charge is 0.337 e. The Labute approximate surface area is 103 Å². The molecule has 88 valence electrons. The Morgan fingerprint density at radius 1 is 1.56 bits per heavy atom. The predicted molar refractivity (Wildman–Crippen MR) is 64.9 cm³/mol. The highest BCUT2D eigenvalue weighted by atomic mass is 35.5. The Balaban J connectivity index is 2.18. The van der Waals surface area contributed by atoms with Crippen LogP contribution in [0.25, 0.3) is 0 Å². The van der Waals surface area contributed by atoms with E-state index in [1.807, 2.05) is 16.8 Å². The van der Waals surface area contributed by atoms with Crippen LogP contribution in [0.1, 0.15) is 12.5 Å². The molecule has 0 aliphatic carbocycles. The lowest BCUT2D eigenvalue weighted by molar-refractivity contribution is -0.119. The molecule has 16 heavy (non-hydrogen) atoms. The molecular formula is C10H13ClN2O2S. The summed E-state index contributed by atoms with van der Waals surface area (Å²) in [5, 5.41) is 8.02. The molecule has 1 atom stereocenters. The van der Waals surface area contributed by atoms with E-state index < -0.39 is 17.3 Å². The molecule has 1 unspecified atom stereocenters. The fraction of sp³-hybridized carbons (Fsp3) is 0.400. The molecule has 0 spiro atoms. The summed E-state index contributed by atoms with van der Waals surface area (Å²) in [5.41, 5.74) is 1.17. The Morgan fingerprint density at radius 3 is 2.88 bits per heavy atom. The number of carbonyl (C=O) groups excluding carboxylic acids is 2. The zero-order valence-electron chi connectivity index (χ0n) is 8.83. The van der Waals surface area contributed by atoms with Crippen LogP contribution in [0.5, 0.6) is 0 Å². The van der Waals surface area contributed by atoms with E-state index in [1.54, 1.807) is 11.3 Å². The average Bonchev–Trinajstić information content (AvgIpc) is 2.70. The van der Waals surface area contributed by atoms with Crippen LogP contribution in [0.3, 0.4) is 0 Å². The van der Waals surface area contributed by atoms with Crippen LogP contribution in [-0.4, -0.2) is 23.9 Å². The van der Waals surface area contributed by atoms with Crippen molar-refractivity contribution in [3.63, 3.8) is 0 Å². The van der Waals surface area contributed by atoms with Crippen molar-refractivity contribution in [1.82, 2.24) is 10.6 Å². The number of hydrogen-bond donors (Lipinski definition) is 2. The predicted octanol–water partition coefficient (Wildman–Crippen LogP) is 1.74. The van der Waals surface area contributed by atoms with Gasteiger partial charge in [0.05, 0.1) is 0 Å². The van der Waals surface area contributed by atoms with Gasteiger partial charge in [0, 0.05) is 6.54 Å². The summed E-state index contributed by atoms with van der Waals surface area (Å²) in [6.45, 7) is 2.00. The quantitative estimate of drug-likeness (QED) is 0.811. The smallest absolute Gasteiger partial charge is 0.321 e. The number of urea groups is 1. The van der Waals surface area contributed by atoms with Gasteiger partial charge in [-0.3, -0.25) is 10.1 Å². The van der Waals surface area contributed by atoms with Gasteiger partial charge >= 0.3 is 6.03 Å². The van der Waals surface area contributed by atoms with Crippen molar-refractivity contribution >= 4 is 34.9 Å². The van der Waals surface area contributed by atoms with Crippen LogP contribution in [0.15, 0.2) is 16.8 Å². The molecule has 1 rings (SSSR count). The summed E-state index contributed by atoms with van der Waals surface area (Å²) in [6, 6.07) is 1.49. The number of carbonyl (C=O) groups is 2. The molecule has 1 aromatic heterocycles. The lowest BCUT2D eigenvalue weighted by atomic mass is 10.2. The van der Waals surface area contributed by atoms with Crippen LogP contribution < -0.4 is 10.6 Å². The van der Waals surface area contributed by atoms with Gasteiger partial charge in [-0.1, -0.05) is 0 Å². The minimum absolute atomic E-state index is 0.491. The van der Waals surface area contributed by atoms with E-state index >= 15 is 0 Å². The molecule has 0 saturated heterocycles. The second-order valence-corrected chi connectivity index (χ2v) is 4.68. The van der Waals surface area contributed by atoms with Crippen molar-refractivity contribution in [2.75, 3.05) is 6.54 Å². The third-order valence-corrected chi connectivity index (χ3v) is 2.81. The first-order chi connectivity index (χ1) is 7.59. The Bertz CT molecular complexity index is 352. The number of amides is 3. The summed E-state index contributed by atoms with van der Waals surface area (Å²) >= 11 is 7.11. The lowest BCUT2D eigenvalue weighted by Crippen LogP contribution is -2.42. The van der Waals surface area contributed by atoms with E-state index in [2.05, 4.69) is 10.6 Å². The second-order valence-electron chi connectivity index (χ2n) is 3.24. The SMILES string of the molecule is CC(Cl)C(=O)NC(=O)NCCc1ccsc1.